The first-order valence-electron chi connectivity index (χ1n) is 7.25. The van der Waals surface area contributed by atoms with Gasteiger partial charge in [0.15, 0.2) is 5.13 Å². The predicted molar refractivity (Wildman–Crippen MR) is 81.2 cm³/mol. The van der Waals surface area contributed by atoms with Crippen LogP contribution < -0.4 is 4.90 Å². The molecule has 2 unspecified atom stereocenters. The molecule has 0 aliphatic carbocycles. The Morgan fingerprint density at radius 3 is 2.86 bits per heavy atom. The van der Waals surface area contributed by atoms with Crippen LogP contribution in [0.5, 0.6) is 0 Å². The molecule has 1 aromatic carbocycles. The van der Waals surface area contributed by atoms with Crippen LogP contribution >= 0.6 is 11.3 Å². The molecule has 3 nitrogen and oxygen atoms in total. The number of piperidine rings is 1. The minimum Gasteiger partial charge on any atom is -0.393 e. The largest absolute Gasteiger partial charge is 0.416 e. The Bertz CT molecular complexity index is 668. The predicted octanol–water partition coefficient (Wildman–Crippen LogP) is 3.91. The normalized spacial score (nSPS) is 21.3. The highest BCUT2D eigenvalue weighted by molar-refractivity contribution is 7.22. The molecule has 1 aliphatic heterocycles. The van der Waals surface area contributed by atoms with Crippen molar-refractivity contribution in [2.24, 2.45) is 5.92 Å². The van der Waals surface area contributed by atoms with Crippen molar-refractivity contribution in [3.63, 3.8) is 0 Å². The van der Waals surface area contributed by atoms with Crippen molar-refractivity contribution in [2.45, 2.75) is 32.0 Å². The summed E-state index contributed by atoms with van der Waals surface area (Å²) in [5.41, 5.74) is -0.286. The zero-order valence-electron chi connectivity index (χ0n) is 12.1. The maximum absolute atomic E-state index is 12.8. The molecule has 3 rings (SSSR count). The van der Waals surface area contributed by atoms with Crippen molar-refractivity contribution in [1.82, 2.24) is 4.98 Å². The van der Waals surface area contributed by atoms with Gasteiger partial charge in [0.25, 0.3) is 0 Å². The highest BCUT2D eigenvalue weighted by Crippen LogP contribution is 2.36. The first kappa shape index (κ1) is 15.6. The summed E-state index contributed by atoms with van der Waals surface area (Å²) in [6, 6.07) is 3.68. The van der Waals surface area contributed by atoms with Crippen LogP contribution in [0.1, 0.15) is 25.3 Å². The van der Waals surface area contributed by atoms with Gasteiger partial charge in [0.1, 0.15) is 0 Å². The minimum absolute atomic E-state index is 0.187. The molecule has 0 bridgehead atoms. The van der Waals surface area contributed by atoms with Gasteiger partial charge >= 0.3 is 6.18 Å². The number of aromatic nitrogens is 1. The Hall–Kier alpha value is -1.34. The molecular weight excluding hydrogens is 313 g/mol. The number of hydrogen-bond donors (Lipinski definition) is 1. The van der Waals surface area contributed by atoms with E-state index in [2.05, 4.69) is 9.88 Å². The topological polar surface area (TPSA) is 36.4 Å². The molecule has 1 saturated heterocycles. The Morgan fingerprint density at radius 1 is 1.41 bits per heavy atom. The summed E-state index contributed by atoms with van der Waals surface area (Å²) in [5.74, 6) is 0.187. The number of fused-ring (bicyclic) bond motifs is 1. The maximum Gasteiger partial charge on any atom is 0.416 e. The number of aliphatic hydroxyl groups is 1. The lowest BCUT2D eigenvalue weighted by molar-refractivity contribution is -0.137. The second-order valence-electron chi connectivity index (χ2n) is 5.77. The van der Waals surface area contributed by atoms with Gasteiger partial charge in [0.2, 0.25) is 0 Å². The van der Waals surface area contributed by atoms with Crippen molar-refractivity contribution in [1.29, 1.82) is 0 Å². The summed E-state index contributed by atoms with van der Waals surface area (Å²) in [6.45, 7) is 3.31. The third kappa shape index (κ3) is 3.05. The molecule has 2 aromatic rings. The second-order valence-corrected chi connectivity index (χ2v) is 6.77. The smallest absolute Gasteiger partial charge is 0.393 e. The Morgan fingerprint density at radius 2 is 2.18 bits per heavy atom. The van der Waals surface area contributed by atoms with Gasteiger partial charge in [-0.05, 0) is 38.0 Å². The third-order valence-electron chi connectivity index (χ3n) is 4.11. The van der Waals surface area contributed by atoms with E-state index in [-0.39, 0.29) is 12.0 Å². The van der Waals surface area contributed by atoms with Crippen LogP contribution in [0.2, 0.25) is 0 Å². The maximum atomic E-state index is 12.8. The van der Waals surface area contributed by atoms with E-state index in [1.807, 2.05) is 0 Å². The van der Waals surface area contributed by atoms with Gasteiger partial charge in [0.05, 0.1) is 21.9 Å². The van der Waals surface area contributed by atoms with Crippen molar-refractivity contribution < 1.29 is 18.3 Å². The second kappa shape index (κ2) is 5.70. The van der Waals surface area contributed by atoms with Crippen molar-refractivity contribution in [2.75, 3.05) is 18.0 Å². The number of anilines is 1. The lowest BCUT2D eigenvalue weighted by atomic mass is 9.94. The van der Waals surface area contributed by atoms with Crippen LogP contribution in [0, 0.1) is 5.92 Å². The number of benzene rings is 1. The number of thiazole rings is 1. The fourth-order valence-electron chi connectivity index (χ4n) is 2.80. The van der Waals surface area contributed by atoms with E-state index in [9.17, 15) is 18.3 Å². The van der Waals surface area contributed by atoms with E-state index in [1.165, 1.54) is 17.4 Å². The number of rotatable bonds is 2. The molecule has 7 heteroatoms. The summed E-state index contributed by atoms with van der Waals surface area (Å²) in [5, 5.41) is 10.5. The molecule has 0 spiro atoms. The molecule has 1 fully saturated rings. The number of hydrogen-bond acceptors (Lipinski definition) is 4. The molecule has 1 N–H and O–H groups in total. The Labute approximate surface area is 130 Å². The average Bonchev–Trinajstić information content (AvgIpc) is 2.89. The first-order valence-corrected chi connectivity index (χ1v) is 8.07. The molecule has 0 radical (unpaired) electrons. The number of aliphatic hydroxyl groups excluding tert-OH is 1. The summed E-state index contributed by atoms with van der Waals surface area (Å²) in [4.78, 5) is 6.44. The summed E-state index contributed by atoms with van der Waals surface area (Å²) in [6.07, 6.45) is -2.80. The van der Waals surface area contributed by atoms with E-state index in [0.29, 0.717) is 12.1 Å². The fraction of sp³-hybridized carbons (Fsp3) is 0.533. The van der Waals surface area contributed by atoms with Gasteiger partial charge < -0.3 is 10.0 Å². The summed E-state index contributed by atoms with van der Waals surface area (Å²) < 4.78 is 39.0. The van der Waals surface area contributed by atoms with Crippen LogP contribution in [-0.2, 0) is 6.18 Å². The van der Waals surface area contributed by atoms with Crippen molar-refractivity contribution >= 4 is 26.7 Å². The average molecular weight is 330 g/mol. The zero-order valence-corrected chi connectivity index (χ0v) is 12.9. The Kier molecular flexibility index (Phi) is 4.03. The third-order valence-corrected chi connectivity index (χ3v) is 5.21. The van der Waals surface area contributed by atoms with Gasteiger partial charge in [-0.1, -0.05) is 11.3 Å². The van der Waals surface area contributed by atoms with E-state index in [4.69, 9.17) is 0 Å². The zero-order chi connectivity index (χ0) is 15.9. The first-order chi connectivity index (χ1) is 10.3. The standard InChI is InChI=1S/C15H17F3N2OS/c1-9(21)10-3-2-6-20(8-10)14-19-12-7-11(15(16,17)18)4-5-13(12)22-14/h4-5,7,9-10,21H,2-3,6,8H2,1H3. The molecule has 22 heavy (non-hydrogen) atoms. The van der Waals surface area contributed by atoms with Crippen LogP contribution in [-0.4, -0.2) is 29.3 Å². The molecule has 2 atom stereocenters. The van der Waals surface area contributed by atoms with Gasteiger partial charge in [-0.2, -0.15) is 13.2 Å². The van der Waals surface area contributed by atoms with Gasteiger partial charge in [-0.25, -0.2) is 4.98 Å². The molecule has 2 heterocycles. The number of halogens is 3. The fourth-order valence-corrected chi connectivity index (χ4v) is 3.79. The number of alkyl halides is 3. The monoisotopic (exact) mass is 330 g/mol. The van der Waals surface area contributed by atoms with E-state index in [1.54, 1.807) is 6.92 Å². The van der Waals surface area contributed by atoms with Gasteiger partial charge in [-0.3, -0.25) is 0 Å². The summed E-state index contributed by atoms with van der Waals surface area (Å²) in [7, 11) is 0. The summed E-state index contributed by atoms with van der Waals surface area (Å²) >= 11 is 1.40. The van der Waals surface area contributed by atoms with E-state index in [0.717, 1.165) is 41.4 Å². The van der Waals surface area contributed by atoms with Crippen LogP contribution in [0.4, 0.5) is 18.3 Å². The minimum atomic E-state index is -4.35. The van der Waals surface area contributed by atoms with E-state index < -0.39 is 11.7 Å². The molecule has 0 amide bonds. The van der Waals surface area contributed by atoms with Crippen LogP contribution in [0.3, 0.4) is 0 Å². The molecule has 1 aliphatic rings. The molecule has 1 aromatic heterocycles. The lowest BCUT2D eigenvalue weighted by Crippen LogP contribution is -2.39. The molecule has 120 valence electrons. The van der Waals surface area contributed by atoms with E-state index >= 15 is 0 Å². The lowest BCUT2D eigenvalue weighted by Gasteiger charge is -2.33. The quantitative estimate of drug-likeness (QED) is 0.907. The van der Waals surface area contributed by atoms with Crippen molar-refractivity contribution in [3.8, 4) is 0 Å². The van der Waals surface area contributed by atoms with Crippen molar-refractivity contribution in [3.05, 3.63) is 23.8 Å². The van der Waals surface area contributed by atoms with Gasteiger partial charge in [-0.15, -0.1) is 0 Å². The van der Waals surface area contributed by atoms with Crippen LogP contribution in [0.25, 0.3) is 10.2 Å². The highest BCUT2D eigenvalue weighted by Gasteiger charge is 2.31. The number of nitrogens with zero attached hydrogens (tertiary/aromatic N) is 2. The highest BCUT2D eigenvalue weighted by atomic mass is 32.1. The van der Waals surface area contributed by atoms with Crippen LogP contribution in [0.15, 0.2) is 18.2 Å². The Balaban J connectivity index is 1.88. The molecular formula is C15H17F3N2OS. The molecule has 0 saturated carbocycles. The van der Waals surface area contributed by atoms with Gasteiger partial charge in [0, 0.05) is 19.0 Å². The SMILES string of the molecule is CC(O)C1CCCN(c2nc3cc(C(F)(F)F)ccc3s2)C1.